The van der Waals surface area contributed by atoms with Gasteiger partial charge in [-0.15, -0.1) is 0 Å². The van der Waals surface area contributed by atoms with Gasteiger partial charge in [0.2, 0.25) is 0 Å². The molecule has 120 valence electrons. The van der Waals surface area contributed by atoms with E-state index >= 15 is 0 Å². The van der Waals surface area contributed by atoms with E-state index in [4.69, 9.17) is 5.73 Å². The number of nitrogens with zero attached hydrogens (tertiary/aromatic N) is 1. The number of benzene rings is 1. The topological polar surface area (TPSA) is 64.3 Å². The number of hydrogen-bond donors (Lipinski definition) is 2. The average Bonchev–Trinajstić information content (AvgIpc) is 2.87. The largest absolute Gasteiger partial charge is 0.393 e. The lowest BCUT2D eigenvalue weighted by atomic mass is 10.0. The molecular formula is C14H21F4N3. The molecule has 21 heavy (non-hydrogen) atoms. The lowest BCUT2D eigenvalue weighted by Gasteiger charge is -2.27. The van der Waals surface area contributed by atoms with Crippen LogP contribution in [0.3, 0.4) is 0 Å². The van der Waals surface area contributed by atoms with Crippen LogP contribution in [0.2, 0.25) is 0 Å². The Hall–Kier alpha value is -1.18. The molecule has 1 aromatic carbocycles. The van der Waals surface area contributed by atoms with Crippen molar-refractivity contribution in [3.8, 4) is 0 Å². The Balaban J connectivity index is 0.00000220. The molecule has 1 fully saturated rings. The Labute approximate surface area is 121 Å². The van der Waals surface area contributed by atoms with Crippen LogP contribution < -0.4 is 11.9 Å². The molecule has 0 amide bonds. The van der Waals surface area contributed by atoms with E-state index in [1.807, 2.05) is 0 Å². The van der Waals surface area contributed by atoms with Crippen molar-refractivity contribution in [1.82, 2.24) is 11.1 Å². The van der Waals surface area contributed by atoms with Crippen molar-refractivity contribution in [2.75, 3.05) is 19.6 Å². The van der Waals surface area contributed by atoms with Gasteiger partial charge in [0.15, 0.2) is 0 Å². The highest BCUT2D eigenvalue weighted by molar-refractivity contribution is 5.17. The predicted molar refractivity (Wildman–Crippen MR) is 73.7 cm³/mol. The highest BCUT2D eigenvalue weighted by atomic mass is 19.4. The van der Waals surface area contributed by atoms with Crippen molar-refractivity contribution in [2.24, 2.45) is 11.7 Å². The molecule has 3 nitrogen and oxygen atoms in total. The number of halogens is 4. The third kappa shape index (κ3) is 4.66. The van der Waals surface area contributed by atoms with Gasteiger partial charge < -0.3 is 11.9 Å². The average molecular weight is 307 g/mol. The van der Waals surface area contributed by atoms with Gasteiger partial charge in [0, 0.05) is 19.1 Å². The first-order chi connectivity index (χ1) is 9.40. The maximum absolute atomic E-state index is 12.8. The number of alkyl halides is 3. The summed E-state index contributed by atoms with van der Waals surface area (Å²) < 4.78 is 50.8. The van der Waals surface area contributed by atoms with E-state index in [-0.39, 0.29) is 31.0 Å². The Bertz CT molecular complexity index is 433. The highest BCUT2D eigenvalue weighted by Crippen LogP contribution is 2.34. The van der Waals surface area contributed by atoms with Gasteiger partial charge >= 0.3 is 6.18 Å². The van der Waals surface area contributed by atoms with Crippen molar-refractivity contribution in [3.05, 3.63) is 35.6 Å². The first-order valence-electron chi connectivity index (χ1n) is 6.65. The fraction of sp³-hybridized carbons (Fsp3) is 0.571. The lowest BCUT2D eigenvalue weighted by Crippen LogP contribution is -2.41. The van der Waals surface area contributed by atoms with E-state index in [1.54, 1.807) is 17.0 Å². The van der Waals surface area contributed by atoms with Crippen LogP contribution in [0.4, 0.5) is 17.6 Å². The Morgan fingerprint density at radius 1 is 1.24 bits per heavy atom. The zero-order chi connectivity index (χ0) is 14.8. The molecule has 5 N–H and O–H groups in total. The Kier molecular flexibility index (Phi) is 6.12. The third-order valence-corrected chi connectivity index (χ3v) is 3.86. The summed E-state index contributed by atoms with van der Waals surface area (Å²) in [6.45, 7) is 0.710. The molecule has 1 aliphatic rings. The number of rotatable bonds is 4. The minimum Gasteiger partial charge on any atom is -0.344 e. The van der Waals surface area contributed by atoms with Crippen molar-refractivity contribution in [2.45, 2.75) is 25.1 Å². The van der Waals surface area contributed by atoms with Gasteiger partial charge in [-0.1, -0.05) is 12.1 Å². The maximum atomic E-state index is 12.8. The normalized spacial score (nSPS) is 21.1. The Morgan fingerprint density at radius 3 is 2.33 bits per heavy atom. The SMILES string of the molecule is N.NCC(Cc1ccc(F)cc1)N1CCC(C(F)(F)F)C1. The summed E-state index contributed by atoms with van der Waals surface area (Å²) in [5, 5.41) is 0. The van der Waals surface area contributed by atoms with Crippen LogP contribution >= 0.6 is 0 Å². The molecular weight excluding hydrogens is 286 g/mol. The standard InChI is InChI=1S/C14H18F4N2.H3N/c15-12-3-1-10(2-4-12)7-13(8-19)20-6-5-11(9-20)14(16,17)18;/h1-4,11,13H,5-9,19H2;1H3. The second-order valence-corrected chi connectivity index (χ2v) is 5.24. The van der Waals surface area contributed by atoms with E-state index < -0.39 is 12.1 Å². The van der Waals surface area contributed by atoms with Gasteiger partial charge in [-0.25, -0.2) is 4.39 Å². The van der Waals surface area contributed by atoms with E-state index in [9.17, 15) is 17.6 Å². The summed E-state index contributed by atoms with van der Waals surface area (Å²) in [4.78, 5) is 1.79. The van der Waals surface area contributed by atoms with E-state index in [1.165, 1.54) is 12.1 Å². The molecule has 7 heteroatoms. The third-order valence-electron chi connectivity index (χ3n) is 3.86. The van der Waals surface area contributed by atoms with Crippen LogP contribution in [0, 0.1) is 11.7 Å². The molecule has 1 aliphatic heterocycles. The van der Waals surface area contributed by atoms with Crippen molar-refractivity contribution < 1.29 is 17.6 Å². The molecule has 0 aromatic heterocycles. The molecule has 0 bridgehead atoms. The second kappa shape index (κ2) is 7.20. The van der Waals surface area contributed by atoms with E-state index in [0.29, 0.717) is 19.5 Å². The summed E-state index contributed by atoms with van der Waals surface area (Å²) in [5.74, 6) is -1.58. The monoisotopic (exact) mass is 307 g/mol. The quantitative estimate of drug-likeness (QED) is 0.841. The molecule has 0 saturated carbocycles. The van der Waals surface area contributed by atoms with Gasteiger partial charge in [0.05, 0.1) is 5.92 Å². The summed E-state index contributed by atoms with van der Waals surface area (Å²) in [6, 6.07) is 5.87. The minimum atomic E-state index is -4.14. The zero-order valence-corrected chi connectivity index (χ0v) is 11.7. The molecule has 1 heterocycles. The molecule has 0 aliphatic carbocycles. The fourth-order valence-electron chi connectivity index (χ4n) is 2.64. The molecule has 1 saturated heterocycles. The smallest absolute Gasteiger partial charge is 0.344 e. The van der Waals surface area contributed by atoms with Crippen LogP contribution in [0.25, 0.3) is 0 Å². The van der Waals surface area contributed by atoms with E-state index in [0.717, 1.165) is 5.56 Å². The van der Waals surface area contributed by atoms with Crippen LogP contribution in [-0.2, 0) is 6.42 Å². The number of likely N-dealkylation sites (tertiary alicyclic amines) is 1. The van der Waals surface area contributed by atoms with Gasteiger partial charge in [-0.05, 0) is 37.1 Å². The lowest BCUT2D eigenvalue weighted by molar-refractivity contribution is -0.170. The van der Waals surface area contributed by atoms with Gasteiger partial charge in [0.1, 0.15) is 5.82 Å². The fourth-order valence-corrected chi connectivity index (χ4v) is 2.64. The van der Waals surface area contributed by atoms with Gasteiger partial charge in [-0.2, -0.15) is 13.2 Å². The van der Waals surface area contributed by atoms with Crippen LogP contribution in [0.15, 0.2) is 24.3 Å². The van der Waals surface area contributed by atoms with Crippen LogP contribution in [-0.4, -0.2) is 36.8 Å². The Morgan fingerprint density at radius 2 is 1.86 bits per heavy atom. The number of nitrogens with two attached hydrogens (primary N) is 1. The highest BCUT2D eigenvalue weighted by Gasteiger charge is 2.44. The molecule has 0 spiro atoms. The predicted octanol–water partition coefficient (Wildman–Crippen LogP) is 2.74. The van der Waals surface area contributed by atoms with Crippen LogP contribution in [0.1, 0.15) is 12.0 Å². The summed E-state index contributed by atoms with van der Waals surface area (Å²) in [7, 11) is 0. The first-order valence-corrected chi connectivity index (χ1v) is 6.65. The molecule has 2 atom stereocenters. The second-order valence-electron chi connectivity index (χ2n) is 5.24. The van der Waals surface area contributed by atoms with Crippen molar-refractivity contribution in [3.63, 3.8) is 0 Å². The van der Waals surface area contributed by atoms with Crippen molar-refractivity contribution >= 4 is 0 Å². The first kappa shape index (κ1) is 17.9. The van der Waals surface area contributed by atoms with Crippen molar-refractivity contribution in [1.29, 1.82) is 0 Å². The minimum absolute atomic E-state index is 0. The molecule has 0 radical (unpaired) electrons. The summed E-state index contributed by atoms with van der Waals surface area (Å²) in [6.07, 6.45) is -3.46. The molecule has 2 unspecified atom stereocenters. The zero-order valence-electron chi connectivity index (χ0n) is 11.7. The van der Waals surface area contributed by atoms with Crippen LogP contribution in [0.5, 0.6) is 0 Å². The molecule has 2 rings (SSSR count). The van der Waals surface area contributed by atoms with Gasteiger partial charge in [0.25, 0.3) is 0 Å². The summed E-state index contributed by atoms with van der Waals surface area (Å²) >= 11 is 0. The summed E-state index contributed by atoms with van der Waals surface area (Å²) in [5.41, 5.74) is 6.57. The number of hydrogen-bond acceptors (Lipinski definition) is 3. The molecule has 1 aromatic rings. The van der Waals surface area contributed by atoms with E-state index in [2.05, 4.69) is 0 Å². The van der Waals surface area contributed by atoms with Gasteiger partial charge in [-0.3, -0.25) is 4.90 Å². The maximum Gasteiger partial charge on any atom is 0.393 e.